The van der Waals surface area contributed by atoms with Crippen molar-refractivity contribution >= 4 is 43.8 Å². The van der Waals surface area contributed by atoms with Gasteiger partial charge < -0.3 is 9.47 Å². The molecule has 0 N–H and O–H groups in total. The van der Waals surface area contributed by atoms with Crippen molar-refractivity contribution in [2.75, 3.05) is 14.2 Å². The number of esters is 2. The van der Waals surface area contributed by atoms with Gasteiger partial charge in [-0.1, -0.05) is 68.6 Å². The summed E-state index contributed by atoms with van der Waals surface area (Å²) in [5.41, 5.74) is 2.50. The Bertz CT molecular complexity index is 474. The minimum atomic E-state index is -0.206. The Balaban J connectivity index is 0.000000515. The average Bonchev–Trinajstić information content (AvgIpc) is 2.59. The van der Waals surface area contributed by atoms with E-state index in [1.54, 1.807) is 0 Å². The third kappa shape index (κ3) is 9.76. The van der Waals surface area contributed by atoms with Gasteiger partial charge in [0.15, 0.2) is 0 Å². The van der Waals surface area contributed by atoms with Gasteiger partial charge in [0.25, 0.3) is 0 Å². The number of halogens is 2. The number of methoxy groups -OCH3 is 2. The van der Waals surface area contributed by atoms with Crippen molar-refractivity contribution in [1.29, 1.82) is 0 Å². The minimum Gasteiger partial charge on any atom is -0.468 e. The largest absolute Gasteiger partial charge is 0.468 e. The first-order chi connectivity index (χ1) is 10.8. The van der Waals surface area contributed by atoms with E-state index in [0.717, 1.165) is 19.3 Å². The van der Waals surface area contributed by atoms with Crippen LogP contribution < -0.4 is 0 Å². The fraction of sp³-hybridized carbons (Fsp3) is 0.529. The Morgan fingerprint density at radius 2 is 1.48 bits per heavy atom. The molecule has 0 fully saturated rings. The van der Waals surface area contributed by atoms with Gasteiger partial charge in [0.05, 0.1) is 14.2 Å². The summed E-state index contributed by atoms with van der Waals surface area (Å²) in [6.07, 6.45) is 2.41. The zero-order valence-corrected chi connectivity index (χ0v) is 17.1. The van der Waals surface area contributed by atoms with Crippen molar-refractivity contribution in [3.8, 4) is 0 Å². The molecule has 130 valence electrons. The van der Waals surface area contributed by atoms with Crippen molar-refractivity contribution in [3.05, 3.63) is 35.4 Å². The van der Waals surface area contributed by atoms with E-state index < -0.39 is 0 Å². The molecule has 0 heterocycles. The fourth-order valence-corrected chi connectivity index (χ4v) is 2.19. The highest BCUT2D eigenvalue weighted by atomic mass is 79.9. The second-order valence-electron chi connectivity index (χ2n) is 4.91. The maximum atomic E-state index is 11.1. The van der Waals surface area contributed by atoms with Crippen molar-refractivity contribution in [3.63, 3.8) is 0 Å². The van der Waals surface area contributed by atoms with E-state index in [2.05, 4.69) is 72.5 Å². The molecule has 2 unspecified atom stereocenters. The predicted molar refractivity (Wildman–Crippen MR) is 99.3 cm³/mol. The van der Waals surface area contributed by atoms with Crippen molar-refractivity contribution in [2.45, 2.75) is 42.8 Å². The smallest absolute Gasteiger partial charge is 0.319 e. The molecule has 23 heavy (non-hydrogen) atoms. The molecule has 1 aromatic carbocycles. The van der Waals surface area contributed by atoms with E-state index >= 15 is 0 Å². The molecule has 1 rings (SSSR count). The molecule has 2 atom stereocenters. The standard InChI is InChI=1S/C12H15BrO2.C5H9BrO2/c1-9-3-5-10(6-4-9)7-8-11(13)12(14)15-2;1-3-4(6)5(7)8-2/h3-6,11H,7-8H2,1-2H3;4H,3H2,1-2H3. The second-order valence-corrected chi connectivity index (χ2v) is 7.12. The van der Waals surface area contributed by atoms with Crippen LogP contribution in [0.3, 0.4) is 0 Å². The Morgan fingerprint density at radius 3 is 1.87 bits per heavy atom. The van der Waals surface area contributed by atoms with Crippen LogP contribution in [0.2, 0.25) is 0 Å². The number of ether oxygens (including phenoxy) is 2. The monoisotopic (exact) mass is 450 g/mol. The van der Waals surface area contributed by atoms with Gasteiger partial charge in [0.1, 0.15) is 9.65 Å². The number of benzene rings is 1. The number of hydrogen-bond acceptors (Lipinski definition) is 4. The molecule has 0 aliphatic rings. The zero-order chi connectivity index (χ0) is 17.8. The quantitative estimate of drug-likeness (QED) is 0.480. The lowest BCUT2D eigenvalue weighted by Gasteiger charge is -2.07. The lowest BCUT2D eigenvalue weighted by Crippen LogP contribution is -2.16. The summed E-state index contributed by atoms with van der Waals surface area (Å²) in [5.74, 6) is -0.408. The Morgan fingerprint density at radius 1 is 1.00 bits per heavy atom. The van der Waals surface area contributed by atoms with Crippen molar-refractivity contribution < 1.29 is 19.1 Å². The van der Waals surface area contributed by atoms with Gasteiger partial charge in [-0.3, -0.25) is 9.59 Å². The summed E-state index contributed by atoms with van der Waals surface area (Å²) in [5, 5.41) is 0. The van der Waals surface area contributed by atoms with Crippen LogP contribution in [0.5, 0.6) is 0 Å². The third-order valence-electron chi connectivity index (χ3n) is 3.08. The van der Waals surface area contributed by atoms with Gasteiger partial charge in [0.2, 0.25) is 0 Å². The summed E-state index contributed by atoms with van der Waals surface area (Å²) in [6, 6.07) is 8.34. The highest BCUT2D eigenvalue weighted by Crippen LogP contribution is 2.13. The summed E-state index contributed by atoms with van der Waals surface area (Å²) in [4.78, 5) is 21.3. The van der Waals surface area contributed by atoms with Crippen LogP contribution >= 0.6 is 31.9 Å². The minimum absolute atomic E-state index is 0.132. The van der Waals surface area contributed by atoms with Crippen LogP contribution in [0, 0.1) is 6.92 Å². The lowest BCUT2D eigenvalue weighted by molar-refractivity contribution is -0.140. The zero-order valence-electron chi connectivity index (χ0n) is 14.0. The molecule has 6 heteroatoms. The van der Waals surface area contributed by atoms with Gasteiger partial charge >= 0.3 is 11.9 Å². The van der Waals surface area contributed by atoms with Crippen molar-refractivity contribution in [2.24, 2.45) is 0 Å². The van der Waals surface area contributed by atoms with Crippen LogP contribution in [-0.4, -0.2) is 35.8 Å². The molecule has 0 saturated heterocycles. The number of aryl methyl sites for hydroxylation is 2. The van der Waals surface area contributed by atoms with Crippen LogP contribution in [0.15, 0.2) is 24.3 Å². The SMILES string of the molecule is CCC(Br)C(=O)OC.COC(=O)C(Br)CCc1ccc(C)cc1. The number of alkyl halides is 2. The van der Waals surface area contributed by atoms with E-state index in [4.69, 9.17) is 0 Å². The summed E-state index contributed by atoms with van der Waals surface area (Å²) >= 11 is 6.43. The summed E-state index contributed by atoms with van der Waals surface area (Å²) in [7, 11) is 2.79. The van der Waals surface area contributed by atoms with E-state index in [-0.39, 0.29) is 21.6 Å². The molecule has 0 bridgehead atoms. The molecule has 0 saturated carbocycles. The molecule has 0 aromatic heterocycles. The van der Waals surface area contributed by atoms with Crippen LogP contribution in [0.4, 0.5) is 0 Å². The first-order valence-electron chi connectivity index (χ1n) is 7.35. The Labute approximate surface area is 155 Å². The number of carbonyl (C=O) groups excluding carboxylic acids is 2. The first-order valence-corrected chi connectivity index (χ1v) is 9.18. The predicted octanol–water partition coefficient (Wildman–Crippen LogP) is 4.20. The van der Waals surface area contributed by atoms with Gasteiger partial charge in [-0.05, 0) is 31.7 Å². The Hall–Kier alpha value is -0.880. The Kier molecular flexibility index (Phi) is 12.1. The number of carbonyl (C=O) groups is 2. The van der Waals surface area contributed by atoms with Gasteiger partial charge in [0, 0.05) is 0 Å². The van der Waals surface area contributed by atoms with Crippen LogP contribution in [0.1, 0.15) is 30.9 Å². The van der Waals surface area contributed by atoms with Crippen molar-refractivity contribution in [1.82, 2.24) is 0 Å². The third-order valence-corrected chi connectivity index (χ3v) is 4.93. The van der Waals surface area contributed by atoms with Gasteiger partial charge in [-0.15, -0.1) is 0 Å². The van der Waals surface area contributed by atoms with Gasteiger partial charge in [-0.2, -0.15) is 0 Å². The molecule has 0 aliphatic carbocycles. The van der Waals surface area contributed by atoms with E-state index in [9.17, 15) is 9.59 Å². The first kappa shape index (κ1) is 22.1. The lowest BCUT2D eigenvalue weighted by atomic mass is 10.1. The molecular weight excluding hydrogens is 428 g/mol. The molecule has 0 radical (unpaired) electrons. The maximum absolute atomic E-state index is 11.1. The summed E-state index contributed by atoms with van der Waals surface area (Å²) in [6.45, 7) is 3.97. The van der Waals surface area contributed by atoms with Crippen LogP contribution in [0.25, 0.3) is 0 Å². The molecule has 0 aliphatic heterocycles. The highest BCUT2D eigenvalue weighted by Gasteiger charge is 2.14. The average molecular weight is 452 g/mol. The maximum Gasteiger partial charge on any atom is 0.319 e. The van der Waals surface area contributed by atoms with Crippen LogP contribution in [-0.2, 0) is 25.5 Å². The second kappa shape index (κ2) is 12.5. The molecule has 0 spiro atoms. The normalized spacial score (nSPS) is 12.4. The molecule has 1 aromatic rings. The number of rotatable bonds is 6. The summed E-state index contributed by atoms with van der Waals surface area (Å²) < 4.78 is 9.05. The molecular formula is C17H24Br2O4. The van der Waals surface area contributed by atoms with E-state index in [1.165, 1.54) is 25.3 Å². The fourth-order valence-electron chi connectivity index (χ4n) is 1.59. The highest BCUT2D eigenvalue weighted by molar-refractivity contribution is 9.10. The number of hydrogen-bond donors (Lipinski definition) is 0. The topological polar surface area (TPSA) is 52.6 Å². The van der Waals surface area contributed by atoms with E-state index in [0.29, 0.717) is 0 Å². The van der Waals surface area contributed by atoms with Gasteiger partial charge in [-0.25, -0.2) is 0 Å². The van der Waals surface area contributed by atoms with E-state index in [1.807, 2.05) is 6.92 Å². The molecule has 0 amide bonds. The molecule has 4 nitrogen and oxygen atoms in total.